The van der Waals surface area contributed by atoms with Crippen LogP contribution in [-0.2, 0) is 5.88 Å². The molecule has 0 spiro atoms. The number of rotatable bonds is 1. The van der Waals surface area contributed by atoms with Gasteiger partial charge < -0.3 is 0 Å². The second kappa shape index (κ2) is 3.93. The van der Waals surface area contributed by atoms with Crippen molar-refractivity contribution in [3.8, 4) is 0 Å². The molecule has 1 aromatic heterocycles. The molecular weight excluding hydrogens is 338 g/mol. The zero-order valence-electron chi connectivity index (χ0n) is 6.48. The fraction of sp³-hybridized carbons (Fsp3) is 0.111. The van der Waals surface area contributed by atoms with Crippen LogP contribution in [0.15, 0.2) is 18.2 Å². The number of thiophene rings is 1. The minimum Gasteiger partial charge on any atom is -0.138 e. The highest BCUT2D eigenvalue weighted by Gasteiger charge is 2.05. The lowest BCUT2D eigenvalue weighted by Crippen LogP contribution is -1.70. The van der Waals surface area contributed by atoms with Crippen molar-refractivity contribution in [2.75, 3.05) is 0 Å². The van der Waals surface area contributed by atoms with E-state index in [1.807, 2.05) is 12.1 Å². The van der Waals surface area contributed by atoms with Gasteiger partial charge in [0.2, 0.25) is 0 Å². The Labute approximate surface area is 104 Å². The third-order valence-corrected chi connectivity index (χ3v) is 4.78. The predicted octanol–water partition coefficient (Wildman–Crippen LogP) is 4.90. The molecule has 0 unspecified atom stereocenters. The molecule has 0 nitrogen and oxygen atoms in total. The molecular formula is C9H5Cl2IS. The van der Waals surface area contributed by atoms with Crippen molar-refractivity contribution < 1.29 is 0 Å². The number of alkyl halides is 1. The first-order valence-corrected chi connectivity index (χ1v) is 6.45. The van der Waals surface area contributed by atoms with E-state index in [1.165, 1.54) is 18.5 Å². The van der Waals surface area contributed by atoms with Gasteiger partial charge in [-0.25, -0.2) is 0 Å². The van der Waals surface area contributed by atoms with Gasteiger partial charge >= 0.3 is 0 Å². The molecule has 2 rings (SSSR count). The van der Waals surface area contributed by atoms with E-state index < -0.39 is 0 Å². The summed E-state index contributed by atoms with van der Waals surface area (Å²) >= 11 is 15.7. The molecule has 13 heavy (non-hydrogen) atoms. The fourth-order valence-corrected chi connectivity index (χ4v) is 3.72. The Morgan fingerprint density at radius 3 is 2.77 bits per heavy atom. The molecule has 0 atom stereocenters. The Morgan fingerprint density at radius 1 is 1.31 bits per heavy atom. The van der Waals surface area contributed by atoms with Crippen LogP contribution in [0.1, 0.15) is 4.88 Å². The van der Waals surface area contributed by atoms with E-state index in [0.717, 1.165) is 5.02 Å². The maximum Gasteiger partial charge on any atom is 0.0568 e. The highest BCUT2D eigenvalue weighted by atomic mass is 127. The van der Waals surface area contributed by atoms with E-state index in [0.29, 0.717) is 5.88 Å². The van der Waals surface area contributed by atoms with Crippen molar-refractivity contribution in [3.05, 3.63) is 31.7 Å². The summed E-state index contributed by atoms with van der Waals surface area (Å²) in [7, 11) is 0. The monoisotopic (exact) mass is 342 g/mol. The van der Waals surface area contributed by atoms with E-state index >= 15 is 0 Å². The molecule has 1 heterocycles. The smallest absolute Gasteiger partial charge is 0.0568 e. The van der Waals surface area contributed by atoms with E-state index in [-0.39, 0.29) is 0 Å². The van der Waals surface area contributed by atoms with E-state index in [1.54, 1.807) is 11.3 Å². The van der Waals surface area contributed by atoms with Gasteiger partial charge in [-0.1, -0.05) is 11.6 Å². The van der Waals surface area contributed by atoms with Crippen LogP contribution in [0.4, 0.5) is 0 Å². The lowest BCUT2D eigenvalue weighted by atomic mass is 10.2. The van der Waals surface area contributed by atoms with E-state index in [2.05, 4.69) is 28.7 Å². The SMILES string of the molecule is ClCc1cc2cc(Cl)cc(I)c2s1. The lowest BCUT2D eigenvalue weighted by molar-refractivity contribution is 1.54. The molecule has 68 valence electrons. The standard InChI is InChI=1S/C9H5Cl2IS/c10-4-7-2-5-1-6(11)3-8(12)9(5)13-7/h1-3H,4H2. The maximum absolute atomic E-state index is 5.94. The average molecular weight is 343 g/mol. The molecule has 0 bridgehead atoms. The summed E-state index contributed by atoms with van der Waals surface area (Å²) < 4.78 is 2.47. The quantitative estimate of drug-likeness (QED) is 0.511. The van der Waals surface area contributed by atoms with Crippen molar-refractivity contribution in [1.29, 1.82) is 0 Å². The lowest BCUT2D eigenvalue weighted by Gasteiger charge is -1.94. The third kappa shape index (κ3) is 1.96. The van der Waals surface area contributed by atoms with Gasteiger partial charge in [-0.15, -0.1) is 22.9 Å². The molecule has 0 radical (unpaired) electrons. The Hall–Kier alpha value is 0.490. The van der Waals surface area contributed by atoms with Gasteiger partial charge in [0.1, 0.15) is 0 Å². The van der Waals surface area contributed by atoms with Crippen LogP contribution >= 0.6 is 57.1 Å². The Kier molecular flexibility index (Phi) is 3.03. The highest BCUT2D eigenvalue weighted by molar-refractivity contribution is 14.1. The number of halogens is 3. The highest BCUT2D eigenvalue weighted by Crippen LogP contribution is 2.33. The van der Waals surface area contributed by atoms with Crippen LogP contribution in [0.5, 0.6) is 0 Å². The molecule has 0 aliphatic heterocycles. The summed E-state index contributed by atoms with van der Waals surface area (Å²) in [5.41, 5.74) is 0. The van der Waals surface area contributed by atoms with E-state index in [9.17, 15) is 0 Å². The van der Waals surface area contributed by atoms with Gasteiger partial charge in [-0.3, -0.25) is 0 Å². The summed E-state index contributed by atoms with van der Waals surface area (Å²) in [5.74, 6) is 0.576. The first-order chi connectivity index (χ1) is 6.20. The zero-order valence-corrected chi connectivity index (χ0v) is 11.0. The first kappa shape index (κ1) is 10.0. The fourth-order valence-electron chi connectivity index (χ4n) is 1.20. The van der Waals surface area contributed by atoms with Crippen molar-refractivity contribution >= 4 is 67.2 Å². The number of hydrogen-bond acceptors (Lipinski definition) is 1. The first-order valence-electron chi connectivity index (χ1n) is 3.64. The molecule has 1 aromatic carbocycles. The summed E-state index contributed by atoms with van der Waals surface area (Å²) in [4.78, 5) is 1.19. The van der Waals surface area contributed by atoms with Gasteiger partial charge in [0.25, 0.3) is 0 Å². The zero-order chi connectivity index (χ0) is 9.42. The number of benzene rings is 1. The minimum atomic E-state index is 0.576. The van der Waals surface area contributed by atoms with Crippen molar-refractivity contribution in [1.82, 2.24) is 0 Å². The molecule has 2 aromatic rings. The van der Waals surface area contributed by atoms with Gasteiger partial charge in [0, 0.05) is 18.2 Å². The van der Waals surface area contributed by atoms with Gasteiger partial charge in [0.05, 0.1) is 5.88 Å². The molecule has 4 heteroatoms. The van der Waals surface area contributed by atoms with Gasteiger partial charge in [0.15, 0.2) is 0 Å². The van der Waals surface area contributed by atoms with Crippen molar-refractivity contribution in [2.45, 2.75) is 5.88 Å². The van der Waals surface area contributed by atoms with Crippen LogP contribution in [0.2, 0.25) is 5.02 Å². The van der Waals surface area contributed by atoms with Gasteiger partial charge in [-0.2, -0.15) is 0 Å². The second-order valence-corrected chi connectivity index (χ2v) is 5.65. The summed E-state index contributed by atoms with van der Waals surface area (Å²) in [6, 6.07) is 6.05. The third-order valence-electron chi connectivity index (χ3n) is 1.72. The summed E-state index contributed by atoms with van der Waals surface area (Å²) in [6.45, 7) is 0. The van der Waals surface area contributed by atoms with E-state index in [4.69, 9.17) is 23.2 Å². The van der Waals surface area contributed by atoms with Crippen LogP contribution in [0.25, 0.3) is 10.1 Å². The van der Waals surface area contributed by atoms with Crippen molar-refractivity contribution in [2.24, 2.45) is 0 Å². The topological polar surface area (TPSA) is 0 Å². The van der Waals surface area contributed by atoms with Crippen LogP contribution in [-0.4, -0.2) is 0 Å². The maximum atomic E-state index is 5.94. The molecule has 0 aliphatic carbocycles. The molecule has 0 saturated carbocycles. The molecule has 0 N–H and O–H groups in total. The summed E-state index contributed by atoms with van der Waals surface area (Å²) in [5, 5.41) is 1.98. The van der Waals surface area contributed by atoms with Crippen LogP contribution in [0.3, 0.4) is 0 Å². The molecule has 0 aliphatic rings. The van der Waals surface area contributed by atoms with Crippen LogP contribution < -0.4 is 0 Å². The van der Waals surface area contributed by atoms with Crippen LogP contribution in [0, 0.1) is 3.57 Å². The average Bonchev–Trinajstić information content (AvgIpc) is 2.47. The molecule has 0 fully saturated rings. The number of fused-ring (bicyclic) bond motifs is 1. The Balaban J connectivity index is 2.75. The minimum absolute atomic E-state index is 0.576. The second-order valence-electron chi connectivity index (χ2n) is 2.65. The molecule has 0 saturated heterocycles. The Bertz CT molecular complexity index is 450. The van der Waals surface area contributed by atoms with Gasteiger partial charge in [-0.05, 0) is 46.2 Å². The molecule has 0 amide bonds. The largest absolute Gasteiger partial charge is 0.138 e. The predicted molar refractivity (Wildman–Crippen MR) is 69.1 cm³/mol. The van der Waals surface area contributed by atoms with Crippen molar-refractivity contribution in [3.63, 3.8) is 0 Å². The summed E-state index contributed by atoms with van der Waals surface area (Å²) in [6.07, 6.45) is 0. The number of hydrogen-bond donors (Lipinski definition) is 0. The Morgan fingerprint density at radius 2 is 2.08 bits per heavy atom. The normalized spacial score (nSPS) is 11.0.